The summed E-state index contributed by atoms with van der Waals surface area (Å²) in [5.74, 6) is -1.11. The van der Waals surface area contributed by atoms with Crippen molar-refractivity contribution in [2.45, 2.75) is 6.92 Å². The molecule has 0 spiro atoms. The van der Waals surface area contributed by atoms with E-state index in [4.69, 9.17) is 17.3 Å². The van der Waals surface area contributed by atoms with Crippen molar-refractivity contribution in [3.8, 4) is 0 Å². The van der Waals surface area contributed by atoms with Crippen LogP contribution in [0.3, 0.4) is 0 Å². The first kappa shape index (κ1) is 18.2. The van der Waals surface area contributed by atoms with Gasteiger partial charge in [-0.3, -0.25) is 19.7 Å². The maximum absolute atomic E-state index is 12.0. The molecule has 130 valence electrons. The van der Waals surface area contributed by atoms with Gasteiger partial charge in [-0.1, -0.05) is 17.7 Å². The van der Waals surface area contributed by atoms with Gasteiger partial charge >= 0.3 is 0 Å². The van der Waals surface area contributed by atoms with E-state index in [0.29, 0.717) is 10.7 Å². The van der Waals surface area contributed by atoms with Gasteiger partial charge in [-0.25, -0.2) is 0 Å². The summed E-state index contributed by atoms with van der Waals surface area (Å²) in [6.07, 6.45) is 0. The Morgan fingerprint density at radius 1 is 1.24 bits per heavy atom. The lowest BCUT2D eigenvalue weighted by Gasteiger charge is -2.09. The van der Waals surface area contributed by atoms with Crippen LogP contribution in [0, 0.1) is 17.0 Å². The van der Waals surface area contributed by atoms with Crippen molar-refractivity contribution in [1.82, 2.24) is 5.32 Å². The first-order valence-corrected chi connectivity index (χ1v) is 7.54. The number of nitrogens with zero attached hydrogens (tertiary/aromatic N) is 1. The Morgan fingerprint density at radius 3 is 2.60 bits per heavy atom. The maximum Gasteiger partial charge on any atom is 0.292 e. The lowest BCUT2D eigenvalue weighted by molar-refractivity contribution is -0.383. The van der Waals surface area contributed by atoms with Crippen molar-refractivity contribution in [3.63, 3.8) is 0 Å². The number of carbonyl (C=O) groups is 2. The van der Waals surface area contributed by atoms with Crippen LogP contribution in [0.15, 0.2) is 36.4 Å². The fourth-order valence-electron chi connectivity index (χ4n) is 2.02. The van der Waals surface area contributed by atoms with E-state index >= 15 is 0 Å². The zero-order valence-corrected chi connectivity index (χ0v) is 14.0. The number of hydrogen-bond donors (Lipinski definition) is 3. The summed E-state index contributed by atoms with van der Waals surface area (Å²) in [5, 5.41) is 16.2. The Morgan fingerprint density at radius 2 is 1.96 bits per heavy atom. The second-order valence-corrected chi connectivity index (χ2v) is 5.65. The van der Waals surface area contributed by atoms with Gasteiger partial charge in [0, 0.05) is 11.6 Å². The molecule has 25 heavy (non-hydrogen) atoms. The van der Waals surface area contributed by atoms with Gasteiger partial charge in [-0.05, 0) is 36.8 Å². The van der Waals surface area contributed by atoms with Gasteiger partial charge in [0.15, 0.2) is 0 Å². The summed E-state index contributed by atoms with van der Waals surface area (Å²) in [6.45, 7) is 1.55. The molecule has 0 aliphatic carbocycles. The maximum atomic E-state index is 12.0. The van der Waals surface area contributed by atoms with Gasteiger partial charge in [0.25, 0.3) is 11.6 Å². The molecule has 0 aliphatic rings. The molecule has 0 aromatic heterocycles. The Kier molecular flexibility index (Phi) is 5.56. The number of carbonyl (C=O) groups excluding carboxylic acids is 2. The van der Waals surface area contributed by atoms with Crippen molar-refractivity contribution in [3.05, 3.63) is 62.7 Å². The number of amides is 2. The lowest BCUT2D eigenvalue weighted by atomic mass is 10.1. The van der Waals surface area contributed by atoms with E-state index in [1.807, 2.05) is 6.92 Å². The largest absolute Gasteiger partial charge is 0.393 e. The molecular weight excluding hydrogens is 348 g/mol. The molecule has 2 aromatic carbocycles. The Bertz CT molecular complexity index is 854. The third-order valence-electron chi connectivity index (χ3n) is 3.30. The number of rotatable bonds is 5. The highest BCUT2D eigenvalue weighted by atomic mass is 35.5. The molecule has 2 amide bonds. The van der Waals surface area contributed by atoms with Gasteiger partial charge < -0.3 is 16.4 Å². The average molecular weight is 363 g/mol. The third-order valence-corrected chi connectivity index (χ3v) is 3.61. The van der Waals surface area contributed by atoms with Gasteiger partial charge in [-0.2, -0.15) is 0 Å². The molecule has 2 aromatic rings. The van der Waals surface area contributed by atoms with E-state index in [2.05, 4.69) is 10.6 Å². The number of halogens is 1. The van der Waals surface area contributed by atoms with Crippen molar-refractivity contribution in [2.75, 3.05) is 17.6 Å². The molecule has 0 heterocycles. The van der Waals surface area contributed by atoms with Crippen LogP contribution >= 0.6 is 11.6 Å². The van der Waals surface area contributed by atoms with Crippen LogP contribution in [-0.2, 0) is 4.79 Å². The zero-order valence-electron chi connectivity index (χ0n) is 13.2. The van der Waals surface area contributed by atoms with Gasteiger partial charge in [0.05, 0.1) is 22.2 Å². The standard InChI is InChI=1S/C16H15ClN4O4/c1-9-2-5-13(11(17)6-9)20-15(22)8-19-16(23)10-3-4-12(18)14(7-10)21(24)25/h2-7H,8,18H2,1H3,(H,19,23)(H,20,22). The van der Waals surface area contributed by atoms with E-state index in [0.717, 1.165) is 11.6 Å². The monoisotopic (exact) mass is 362 g/mol. The molecular formula is C16H15ClN4O4. The minimum absolute atomic E-state index is 0.0297. The third kappa shape index (κ3) is 4.67. The molecule has 0 aliphatic heterocycles. The van der Waals surface area contributed by atoms with E-state index in [9.17, 15) is 19.7 Å². The molecule has 2 rings (SSSR count). The summed E-state index contributed by atoms with van der Waals surface area (Å²) in [4.78, 5) is 34.1. The zero-order chi connectivity index (χ0) is 18.6. The second-order valence-electron chi connectivity index (χ2n) is 5.24. The fraction of sp³-hybridized carbons (Fsp3) is 0.125. The number of hydrogen-bond acceptors (Lipinski definition) is 5. The molecule has 0 saturated carbocycles. The summed E-state index contributed by atoms with van der Waals surface area (Å²) < 4.78 is 0. The van der Waals surface area contributed by atoms with E-state index in [1.54, 1.807) is 18.2 Å². The number of anilines is 2. The second kappa shape index (κ2) is 7.63. The van der Waals surface area contributed by atoms with E-state index < -0.39 is 16.7 Å². The fourth-order valence-corrected chi connectivity index (χ4v) is 2.30. The minimum atomic E-state index is -0.682. The smallest absolute Gasteiger partial charge is 0.292 e. The Hall–Kier alpha value is -3.13. The number of aryl methyl sites for hydroxylation is 1. The SMILES string of the molecule is Cc1ccc(NC(=O)CNC(=O)c2ccc(N)c([N+](=O)[O-])c2)c(Cl)c1. The van der Waals surface area contributed by atoms with Crippen molar-refractivity contribution in [1.29, 1.82) is 0 Å². The molecule has 0 atom stereocenters. The van der Waals surface area contributed by atoms with Crippen LogP contribution < -0.4 is 16.4 Å². The Labute approximate surface area is 148 Å². The molecule has 0 saturated heterocycles. The molecule has 0 bridgehead atoms. The number of nitrogens with two attached hydrogens (primary N) is 1. The minimum Gasteiger partial charge on any atom is -0.393 e. The summed E-state index contributed by atoms with van der Waals surface area (Å²) >= 11 is 6.02. The number of nitro groups is 1. The average Bonchev–Trinajstić information content (AvgIpc) is 2.55. The number of nitrogen functional groups attached to an aromatic ring is 1. The van der Waals surface area contributed by atoms with Gasteiger partial charge in [0.1, 0.15) is 5.69 Å². The summed E-state index contributed by atoms with van der Waals surface area (Å²) in [7, 11) is 0. The van der Waals surface area contributed by atoms with Gasteiger partial charge in [0.2, 0.25) is 5.91 Å². The molecule has 0 fully saturated rings. The topological polar surface area (TPSA) is 127 Å². The van der Waals surface area contributed by atoms with Crippen LogP contribution in [0.4, 0.5) is 17.1 Å². The molecule has 0 unspecified atom stereocenters. The van der Waals surface area contributed by atoms with E-state index in [-0.39, 0.29) is 23.5 Å². The first-order chi connectivity index (χ1) is 11.8. The molecule has 0 radical (unpaired) electrons. The number of nitrogens with one attached hydrogen (secondary N) is 2. The predicted octanol–water partition coefficient (Wildman–Crippen LogP) is 2.51. The highest BCUT2D eigenvalue weighted by Crippen LogP contribution is 2.23. The molecule has 9 heteroatoms. The van der Waals surface area contributed by atoms with Gasteiger partial charge in [-0.15, -0.1) is 0 Å². The summed E-state index contributed by atoms with van der Waals surface area (Å²) in [6, 6.07) is 8.79. The van der Waals surface area contributed by atoms with Crippen LogP contribution in [-0.4, -0.2) is 23.3 Å². The quantitative estimate of drug-likeness (QED) is 0.427. The summed E-state index contributed by atoms with van der Waals surface area (Å²) in [5.41, 5.74) is 6.45. The van der Waals surface area contributed by atoms with Crippen molar-refractivity contribution >= 4 is 40.5 Å². The highest BCUT2D eigenvalue weighted by molar-refractivity contribution is 6.33. The molecule has 4 N–H and O–H groups in total. The van der Waals surface area contributed by atoms with Crippen LogP contribution in [0.1, 0.15) is 15.9 Å². The van der Waals surface area contributed by atoms with Crippen LogP contribution in [0.2, 0.25) is 5.02 Å². The highest BCUT2D eigenvalue weighted by Gasteiger charge is 2.16. The Balaban J connectivity index is 1.98. The van der Waals surface area contributed by atoms with E-state index in [1.165, 1.54) is 12.1 Å². The number of nitro benzene ring substituents is 1. The van der Waals surface area contributed by atoms with Crippen molar-refractivity contribution < 1.29 is 14.5 Å². The normalized spacial score (nSPS) is 10.2. The molecule has 8 nitrogen and oxygen atoms in total. The van der Waals surface area contributed by atoms with Crippen LogP contribution in [0.25, 0.3) is 0 Å². The number of benzene rings is 2. The first-order valence-electron chi connectivity index (χ1n) is 7.16. The predicted molar refractivity (Wildman–Crippen MR) is 94.7 cm³/mol. The van der Waals surface area contributed by atoms with Crippen molar-refractivity contribution in [2.24, 2.45) is 0 Å². The van der Waals surface area contributed by atoms with Crippen LogP contribution in [0.5, 0.6) is 0 Å². The lowest BCUT2D eigenvalue weighted by Crippen LogP contribution is -2.33.